The number of aliphatic hydroxyl groups excluding tert-OH is 1. The van der Waals surface area contributed by atoms with E-state index in [1.165, 1.54) is 64.2 Å². The summed E-state index contributed by atoms with van der Waals surface area (Å²) in [5.41, 5.74) is 0. The first-order valence-corrected chi connectivity index (χ1v) is 22.8. The van der Waals surface area contributed by atoms with Gasteiger partial charge in [0, 0.05) is 6.42 Å². The molecular weight excluding hydrogens is 695 g/mol. The van der Waals surface area contributed by atoms with Crippen LogP contribution in [-0.4, -0.2) is 73.4 Å². The minimum absolute atomic E-state index is 0.0441. The molecule has 8 nitrogen and oxygen atoms in total. The molecule has 312 valence electrons. The fourth-order valence-corrected chi connectivity index (χ4v) is 6.23. The quantitative estimate of drug-likeness (QED) is 0.0251. The highest BCUT2D eigenvalue weighted by Gasteiger charge is 2.27. The molecule has 0 aromatic heterocycles. The fraction of sp³-hybridized carbons (Fsp3) is 0.711. The van der Waals surface area contributed by atoms with Gasteiger partial charge in [-0.05, 0) is 77.0 Å². The number of carbonyl (C=O) groups is 1. The first kappa shape index (κ1) is 51.9. The summed E-state index contributed by atoms with van der Waals surface area (Å²) in [4.78, 5) is 23.0. The van der Waals surface area contributed by atoms with Crippen LogP contribution in [0.25, 0.3) is 0 Å². The summed E-state index contributed by atoms with van der Waals surface area (Å²) >= 11 is 0. The third kappa shape index (κ3) is 38.2. The van der Waals surface area contributed by atoms with Crippen LogP contribution < -0.4 is 5.32 Å². The van der Waals surface area contributed by atoms with E-state index in [0.717, 1.165) is 70.6 Å². The lowest BCUT2D eigenvalue weighted by molar-refractivity contribution is -0.870. The number of hydrogen-bond donors (Lipinski definition) is 3. The van der Waals surface area contributed by atoms with Crippen molar-refractivity contribution in [2.24, 2.45) is 0 Å². The number of allylic oxidation sites excluding steroid dienone is 11. The highest BCUT2D eigenvalue weighted by molar-refractivity contribution is 7.47. The number of amides is 1. The SMILES string of the molecule is CC/C=C\C/C=C\C/C=C\CCCCCC(=O)NC(COP(=O)(O)OCC[N+](C)(C)C)C(O)/C=C/CC/C=C/CC/C=C/CCCCCCCCCCC. The maximum atomic E-state index is 12.8. The van der Waals surface area contributed by atoms with E-state index < -0.39 is 20.0 Å². The van der Waals surface area contributed by atoms with Gasteiger partial charge in [-0.3, -0.25) is 13.8 Å². The number of phosphoric ester groups is 1. The van der Waals surface area contributed by atoms with Gasteiger partial charge >= 0.3 is 7.82 Å². The van der Waals surface area contributed by atoms with Crippen LogP contribution in [0.15, 0.2) is 72.9 Å². The van der Waals surface area contributed by atoms with E-state index >= 15 is 0 Å². The number of quaternary nitrogens is 1. The van der Waals surface area contributed by atoms with Crippen LogP contribution in [0.2, 0.25) is 0 Å². The van der Waals surface area contributed by atoms with Crippen molar-refractivity contribution in [2.45, 2.75) is 167 Å². The smallest absolute Gasteiger partial charge is 0.387 e. The lowest BCUT2D eigenvalue weighted by Crippen LogP contribution is -2.45. The monoisotopic (exact) mass is 778 g/mol. The van der Waals surface area contributed by atoms with Crippen molar-refractivity contribution in [3.05, 3.63) is 72.9 Å². The van der Waals surface area contributed by atoms with Crippen molar-refractivity contribution in [1.82, 2.24) is 5.32 Å². The number of hydrogen-bond acceptors (Lipinski definition) is 5. The number of aliphatic hydroxyl groups is 1. The van der Waals surface area contributed by atoms with E-state index in [-0.39, 0.29) is 19.1 Å². The molecule has 9 heteroatoms. The molecule has 0 fully saturated rings. The number of nitrogens with zero attached hydrogens (tertiary/aromatic N) is 1. The minimum atomic E-state index is -4.36. The Kier molecular flexibility index (Phi) is 35.2. The molecule has 0 aliphatic rings. The molecule has 0 saturated carbocycles. The molecule has 1 amide bonds. The van der Waals surface area contributed by atoms with Crippen molar-refractivity contribution in [3.8, 4) is 0 Å². The van der Waals surface area contributed by atoms with Gasteiger partial charge < -0.3 is 19.8 Å². The van der Waals surface area contributed by atoms with E-state index in [9.17, 15) is 19.4 Å². The van der Waals surface area contributed by atoms with Crippen LogP contribution in [-0.2, 0) is 18.4 Å². The van der Waals surface area contributed by atoms with E-state index in [1.54, 1.807) is 6.08 Å². The van der Waals surface area contributed by atoms with E-state index in [2.05, 4.69) is 79.9 Å². The average molecular weight is 778 g/mol. The maximum Gasteiger partial charge on any atom is 0.472 e. The average Bonchev–Trinajstić information content (AvgIpc) is 3.12. The summed E-state index contributed by atoms with van der Waals surface area (Å²) < 4.78 is 23.5. The number of phosphoric acid groups is 1. The molecule has 54 heavy (non-hydrogen) atoms. The molecule has 0 bridgehead atoms. The van der Waals surface area contributed by atoms with E-state index in [1.807, 2.05) is 27.2 Å². The molecule has 0 rings (SSSR count). The summed E-state index contributed by atoms with van der Waals surface area (Å²) in [6.45, 7) is 4.61. The van der Waals surface area contributed by atoms with Crippen molar-refractivity contribution < 1.29 is 32.9 Å². The topological polar surface area (TPSA) is 105 Å². The minimum Gasteiger partial charge on any atom is -0.387 e. The Morgan fingerprint density at radius 1 is 0.648 bits per heavy atom. The van der Waals surface area contributed by atoms with Gasteiger partial charge in [-0.1, -0.05) is 145 Å². The maximum absolute atomic E-state index is 12.8. The zero-order valence-electron chi connectivity index (χ0n) is 35.2. The van der Waals surface area contributed by atoms with Gasteiger partial charge in [-0.2, -0.15) is 0 Å². The molecule has 3 atom stereocenters. The number of likely N-dealkylation sites (N-methyl/N-ethyl adjacent to an activating group) is 1. The lowest BCUT2D eigenvalue weighted by Gasteiger charge is -2.25. The Labute approximate surface area is 332 Å². The van der Waals surface area contributed by atoms with Crippen LogP contribution >= 0.6 is 7.82 Å². The van der Waals surface area contributed by atoms with Crippen LogP contribution in [0.1, 0.15) is 155 Å². The molecular formula is C45H82N2O6P+. The zero-order valence-corrected chi connectivity index (χ0v) is 36.1. The Morgan fingerprint density at radius 3 is 1.70 bits per heavy atom. The predicted molar refractivity (Wildman–Crippen MR) is 230 cm³/mol. The van der Waals surface area contributed by atoms with Crippen molar-refractivity contribution in [3.63, 3.8) is 0 Å². The van der Waals surface area contributed by atoms with Gasteiger partial charge in [0.05, 0.1) is 39.9 Å². The van der Waals surface area contributed by atoms with Crippen LogP contribution in [0, 0.1) is 0 Å². The second-order valence-electron chi connectivity index (χ2n) is 15.3. The summed E-state index contributed by atoms with van der Waals surface area (Å²) in [6.07, 6.45) is 48.4. The van der Waals surface area contributed by atoms with Crippen LogP contribution in [0.3, 0.4) is 0 Å². The Morgan fingerprint density at radius 2 is 1.13 bits per heavy atom. The van der Waals surface area contributed by atoms with E-state index in [0.29, 0.717) is 17.4 Å². The second-order valence-corrected chi connectivity index (χ2v) is 16.8. The molecule has 0 saturated heterocycles. The molecule has 3 N–H and O–H groups in total. The van der Waals surface area contributed by atoms with Crippen molar-refractivity contribution in [2.75, 3.05) is 40.9 Å². The number of rotatable bonds is 37. The van der Waals surface area contributed by atoms with Gasteiger partial charge in [0.15, 0.2) is 0 Å². The lowest BCUT2D eigenvalue weighted by atomic mass is 10.1. The summed E-state index contributed by atoms with van der Waals surface area (Å²) in [5.74, 6) is -0.224. The predicted octanol–water partition coefficient (Wildman–Crippen LogP) is 11.6. The fourth-order valence-electron chi connectivity index (χ4n) is 5.50. The molecule has 0 aromatic rings. The normalized spacial score (nSPS) is 15.2. The molecule has 3 unspecified atom stereocenters. The number of carbonyl (C=O) groups excluding carboxylic acids is 1. The first-order valence-electron chi connectivity index (χ1n) is 21.3. The Hall–Kier alpha value is -2.06. The van der Waals surface area contributed by atoms with Crippen LogP contribution in [0.5, 0.6) is 0 Å². The highest BCUT2D eigenvalue weighted by atomic mass is 31.2. The van der Waals surface area contributed by atoms with Crippen molar-refractivity contribution in [1.29, 1.82) is 0 Å². The largest absolute Gasteiger partial charge is 0.472 e. The van der Waals surface area contributed by atoms with Gasteiger partial charge in [0.1, 0.15) is 13.2 Å². The standard InChI is InChI=1S/C45H81N2O6P/c1-6-8-10-12-14-16-18-20-21-22-23-24-25-27-28-30-32-34-36-38-44(48)43(42-53-54(50,51)52-41-40-47(3,4)5)46-45(49)39-37-35-33-31-29-26-19-17-15-13-11-9-7-2/h9,11,15,17,23-24,26,28-30,36,38,43-44,48H,6-8,10,12-14,16,18-22,25,27,31-35,37,39-42H2,1-5H3,(H-,46,49,50,51)/p+1/b11-9-,17-15-,24-23+,29-26-,30-28+,38-36+. The molecule has 0 heterocycles. The molecule has 0 radical (unpaired) electrons. The van der Waals surface area contributed by atoms with Gasteiger partial charge in [-0.15, -0.1) is 0 Å². The second kappa shape index (κ2) is 36.6. The zero-order chi connectivity index (χ0) is 40.0. The van der Waals surface area contributed by atoms with Gasteiger partial charge in [0.25, 0.3) is 0 Å². The number of nitrogens with one attached hydrogen (secondary N) is 1. The molecule has 0 aromatic carbocycles. The molecule has 0 aliphatic carbocycles. The first-order chi connectivity index (χ1) is 26.0. The van der Waals surface area contributed by atoms with Gasteiger partial charge in [0.2, 0.25) is 5.91 Å². The third-order valence-corrected chi connectivity index (χ3v) is 9.87. The van der Waals surface area contributed by atoms with E-state index in [4.69, 9.17) is 9.05 Å². The third-order valence-electron chi connectivity index (χ3n) is 8.89. The Balaban J connectivity index is 4.59. The molecule has 0 spiro atoms. The summed E-state index contributed by atoms with van der Waals surface area (Å²) in [6, 6.07) is -0.887. The van der Waals surface area contributed by atoms with Gasteiger partial charge in [-0.25, -0.2) is 4.57 Å². The van der Waals surface area contributed by atoms with Crippen LogP contribution in [0.4, 0.5) is 0 Å². The van der Waals surface area contributed by atoms with Crippen molar-refractivity contribution >= 4 is 13.7 Å². The molecule has 0 aliphatic heterocycles. The Bertz CT molecular complexity index is 1110. The summed E-state index contributed by atoms with van der Waals surface area (Å²) in [7, 11) is 1.51. The highest BCUT2D eigenvalue weighted by Crippen LogP contribution is 2.43. The summed E-state index contributed by atoms with van der Waals surface area (Å²) in [5, 5.41) is 13.7. The number of unbranched alkanes of at least 4 members (excludes halogenated alkanes) is 14.